The molecule has 0 saturated heterocycles. The number of carbonyl (C=O) groups is 2. The van der Waals surface area contributed by atoms with E-state index in [1.54, 1.807) is 17.5 Å². The average molecular weight is 296 g/mol. The Balaban J connectivity index is 1.90. The van der Waals surface area contributed by atoms with E-state index in [1.807, 2.05) is 0 Å². The molecular formula is C14H20N2O3S. The average Bonchev–Trinajstić information content (AvgIpc) is 2.89. The maximum Gasteiger partial charge on any atom is 0.331 e. The number of amides is 2. The molecule has 1 fully saturated rings. The largest absolute Gasteiger partial charge is 0.479 e. The summed E-state index contributed by atoms with van der Waals surface area (Å²) in [4.78, 5) is 23.8. The van der Waals surface area contributed by atoms with Crippen molar-refractivity contribution in [3.05, 3.63) is 22.4 Å². The van der Waals surface area contributed by atoms with Crippen LogP contribution in [0.2, 0.25) is 0 Å². The van der Waals surface area contributed by atoms with Crippen LogP contribution in [-0.2, 0) is 4.79 Å². The van der Waals surface area contributed by atoms with Crippen LogP contribution in [0.25, 0.3) is 0 Å². The summed E-state index contributed by atoms with van der Waals surface area (Å²) >= 11 is 1.32. The van der Waals surface area contributed by atoms with E-state index in [-0.39, 0.29) is 6.04 Å². The number of hydrogen-bond donors (Lipinski definition) is 3. The maximum absolute atomic E-state index is 11.9. The third kappa shape index (κ3) is 3.96. The normalized spacial score (nSPS) is 23.9. The lowest BCUT2D eigenvalue weighted by Gasteiger charge is -2.28. The summed E-state index contributed by atoms with van der Waals surface area (Å²) in [6.07, 6.45) is 4.24. The first kappa shape index (κ1) is 14.8. The number of carboxylic acids is 1. The lowest BCUT2D eigenvalue weighted by atomic mass is 9.87. The molecule has 3 N–H and O–H groups in total. The molecular weight excluding hydrogens is 276 g/mol. The predicted octanol–water partition coefficient (Wildman–Crippen LogP) is 2.75. The van der Waals surface area contributed by atoms with Gasteiger partial charge in [-0.3, -0.25) is 0 Å². The first-order valence-corrected chi connectivity index (χ1v) is 7.77. The Morgan fingerprint density at radius 1 is 1.45 bits per heavy atom. The number of hydrogen-bond acceptors (Lipinski definition) is 3. The number of rotatable bonds is 4. The smallest absolute Gasteiger partial charge is 0.331 e. The summed E-state index contributed by atoms with van der Waals surface area (Å²) in [6, 6.07) is 2.27. The summed E-state index contributed by atoms with van der Waals surface area (Å²) in [5.74, 6) is -0.429. The van der Waals surface area contributed by atoms with E-state index in [1.165, 1.54) is 17.8 Å². The van der Waals surface area contributed by atoms with Crippen LogP contribution in [0, 0.1) is 5.92 Å². The van der Waals surface area contributed by atoms with Crippen molar-refractivity contribution in [3.8, 4) is 0 Å². The lowest BCUT2D eigenvalue weighted by molar-refractivity contribution is -0.139. The number of thiophene rings is 1. The second-order valence-corrected chi connectivity index (χ2v) is 6.35. The zero-order valence-corrected chi connectivity index (χ0v) is 12.3. The molecule has 2 rings (SSSR count). The molecule has 6 heteroatoms. The van der Waals surface area contributed by atoms with Gasteiger partial charge in [-0.2, -0.15) is 0 Å². The molecule has 1 aromatic heterocycles. The van der Waals surface area contributed by atoms with Gasteiger partial charge in [0.05, 0.1) is 0 Å². The van der Waals surface area contributed by atoms with E-state index in [4.69, 9.17) is 0 Å². The zero-order valence-electron chi connectivity index (χ0n) is 11.5. The molecule has 1 aliphatic rings. The lowest BCUT2D eigenvalue weighted by Crippen LogP contribution is -2.46. The van der Waals surface area contributed by atoms with Crippen molar-refractivity contribution in [2.45, 2.75) is 44.7 Å². The van der Waals surface area contributed by atoms with Gasteiger partial charge in [-0.1, -0.05) is 25.8 Å². The quantitative estimate of drug-likeness (QED) is 0.799. The van der Waals surface area contributed by atoms with E-state index < -0.39 is 18.0 Å². The monoisotopic (exact) mass is 296 g/mol. The Bertz CT molecular complexity index is 461. The van der Waals surface area contributed by atoms with Crippen LogP contribution in [0.1, 0.15) is 43.5 Å². The highest BCUT2D eigenvalue weighted by Gasteiger charge is 2.25. The molecule has 0 aliphatic heterocycles. The van der Waals surface area contributed by atoms with Crippen molar-refractivity contribution in [2.24, 2.45) is 5.92 Å². The van der Waals surface area contributed by atoms with Crippen molar-refractivity contribution in [3.63, 3.8) is 0 Å². The van der Waals surface area contributed by atoms with E-state index in [0.29, 0.717) is 10.8 Å². The second-order valence-electron chi connectivity index (χ2n) is 5.37. The molecule has 0 spiro atoms. The van der Waals surface area contributed by atoms with E-state index in [9.17, 15) is 14.7 Å². The number of urea groups is 1. The van der Waals surface area contributed by atoms with E-state index in [0.717, 1.165) is 19.3 Å². The molecule has 0 radical (unpaired) electrons. The minimum atomic E-state index is -1.04. The molecule has 1 saturated carbocycles. The van der Waals surface area contributed by atoms with Gasteiger partial charge in [0, 0.05) is 10.9 Å². The molecule has 2 amide bonds. The van der Waals surface area contributed by atoms with Crippen molar-refractivity contribution in [1.29, 1.82) is 0 Å². The minimum Gasteiger partial charge on any atom is -0.479 e. The molecule has 0 aromatic carbocycles. The van der Waals surface area contributed by atoms with Gasteiger partial charge in [0.15, 0.2) is 6.04 Å². The van der Waals surface area contributed by atoms with Crippen LogP contribution in [0.5, 0.6) is 0 Å². The van der Waals surface area contributed by atoms with E-state index in [2.05, 4.69) is 17.6 Å². The SMILES string of the molecule is CC1CCCC(NC(=O)NC(C(=O)O)c2cccs2)C1. The molecule has 5 nitrogen and oxygen atoms in total. The van der Waals surface area contributed by atoms with Gasteiger partial charge in [-0.05, 0) is 30.2 Å². The third-order valence-electron chi connectivity index (χ3n) is 3.62. The molecule has 3 unspecified atom stereocenters. The fourth-order valence-corrected chi connectivity index (χ4v) is 3.40. The topological polar surface area (TPSA) is 78.4 Å². The van der Waals surface area contributed by atoms with Crippen LogP contribution >= 0.6 is 11.3 Å². The highest BCUT2D eigenvalue weighted by molar-refractivity contribution is 7.10. The Morgan fingerprint density at radius 3 is 2.85 bits per heavy atom. The third-order valence-corrected chi connectivity index (χ3v) is 4.56. The fraction of sp³-hybridized carbons (Fsp3) is 0.571. The van der Waals surface area contributed by atoms with Crippen LogP contribution in [-0.4, -0.2) is 23.1 Å². The van der Waals surface area contributed by atoms with Crippen LogP contribution in [0.3, 0.4) is 0 Å². The number of carboxylic acid groups (broad SMARTS) is 1. The summed E-state index contributed by atoms with van der Waals surface area (Å²) in [7, 11) is 0. The van der Waals surface area contributed by atoms with Crippen molar-refractivity contribution < 1.29 is 14.7 Å². The zero-order chi connectivity index (χ0) is 14.5. The summed E-state index contributed by atoms with van der Waals surface area (Å²) in [5.41, 5.74) is 0. The molecule has 1 aliphatic carbocycles. The van der Waals surface area contributed by atoms with Crippen molar-refractivity contribution >= 4 is 23.3 Å². The van der Waals surface area contributed by atoms with Gasteiger partial charge in [0.1, 0.15) is 0 Å². The van der Waals surface area contributed by atoms with Gasteiger partial charge >= 0.3 is 12.0 Å². The van der Waals surface area contributed by atoms with E-state index >= 15 is 0 Å². The molecule has 1 heterocycles. The van der Waals surface area contributed by atoms with Crippen LogP contribution in [0.15, 0.2) is 17.5 Å². The van der Waals surface area contributed by atoms with Crippen LogP contribution < -0.4 is 10.6 Å². The summed E-state index contributed by atoms with van der Waals surface area (Å²) < 4.78 is 0. The Morgan fingerprint density at radius 2 is 2.25 bits per heavy atom. The first-order valence-electron chi connectivity index (χ1n) is 6.89. The number of nitrogens with one attached hydrogen (secondary N) is 2. The molecule has 3 atom stereocenters. The fourth-order valence-electron chi connectivity index (χ4n) is 2.63. The number of carbonyl (C=O) groups excluding carboxylic acids is 1. The Labute approximate surface area is 122 Å². The number of aliphatic carboxylic acids is 1. The van der Waals surface area contributed by atoms with Crippen LogP contribution in [0.4, 0.5) is 4.79 Å². The van der Waals surface area contributed by atoms with Gasteiger partial charge < -0.3 is 15.7 Å². The van der Waals surface area contributed by atoms with Gasteiger partial charge in [-0.25, -0.2) is 9.59 Å². The van der Waals surface area contributed by atoms with Gasteiger partial charge in [-0.15, -0.1) is 11.3 Å². The first-order chi connectivity index (χ1) is 9.56. The predicted molar refractivity (Wildman–Crippen MR) is 77.8 cm³/mol. The van der Waals surface area contributed by atoms with Gasteiger partial charge in [0.25, 0.3) is 0 Å². The Kier molecular flexibility index (Phi) is 5.00. The van der Waals surface area contributed by atoms with Crippen molar-refractivity contribution in [1.82, 2.24) is 10.6 Å². The minimum absolute atomic E-state index is 0.150. The van der Waals surface area contributed by atoms with Gasteiger partial charge in [0.2, 0.25) is 0 Å². The Hall–Kier alpha value is -1.56. The maximum atomic E-state index is 11.9. The second kappa shape index (κ2) is 6.74. The standard InChI is InChI=1S/C14H20N2O3S/c1-9-4-2-5-10(8-9)15-14(19)16-12(13(17)18)11-6-3-7-20-11/h3,6-7,9-10,12H,2,4-5,8H2,1H3,(H,17,18)(H2,15,16,19). The molecule has 20 heavy (non-hydrogen) atoms. The molecule has 0 bridgehead atoms. The summed E-state index contributed by atoms with van der Waals surface area (Å²) in [5, 5.41) is 16.4. The highest BCUT2D eigenvalue weighted by atomic mass is 32.1. The summed E-state index contributed by atoms with van der Waals surface area (Å²) in [6.45, 7) is 2.18. The van der Waals surface area contributed by atoms with Crippen molar-refractivity contribution in [2.75, 3.05) is 0 Å². The highest BCUT2D eigenvalue weighted by Crippen LogP contribution is 2.24. The molecule has 1 aromatic rings. The molecule has 110 valence electrons.